The molecule has 0 bridgehead atoms. The Morgan fingerprint density at radius 1 is 1.80 bits per heavy atom. The minimum Gasteiger partial charge on any atom is -0.328 e. The molecule has 0 amide bonds. The topological polar surface area (TPSA) is 56.7 Å². The quantitative estimate of drug-likeness (QED) is 0.614. The number of aromatic nitrogens is 3. The van der Waals surface area contributed by atoms with Crippen LogP contribution in [0.15, 0.2) is 6.20 Å². The van der Waals surface area contributed by atoms with Gasteiger partial charge in [0.1, 0.15) is 0 Å². The van der Waals surface area contributed by atoms with Crippen LogP contribution in [-0.2, 0) is 13.5 Å². The first-order chi connectivity index (χ1) is 4.70. The number of hydrogen-bond donors (Lipinski definition) is 1. The fraction of sp³-hybridized carbons (Fsp3) is 0.667. The molecule has 0 fully saturated rings. The van der Waals surface area contributed by atoms with Crippen molar-refractivity contribution in [2.75, 3.05) is 0 Å². The predicted octanol–water partition coefficient (Wildman–Crippen LogP) is -0.295. The maximum absolute atomic E-state index is 5.58. The van der Waals surface area contributed by atoms with E-state index in [-0.39, 0.29) is 6.04 Å². The van der Waals surface area contributed by atoms with Crippen LogP contribution in [-0.4, -0.2) is 21.0 Å². The Kier molecular flexibility index (Phi) is 2.01. The van der Waals surface area contributed by atoms with E-state index in [0.29, 0.717) is 0 Å². The largest absolute Gasteiger partial charge is 0.328 e. The molecule has 4 heteroatoms. The van der Waals surface area contributed by atoms with Crippen molar-refractivity contribution in [1.82, 2.24) is 15.0 Å². The van der Waals surface area contributed by atoms with Crippen LogP contribution in [0.1, 0.15) is 12.6 Å². The summed E-state index contributed by atoms with van der Waals surface area (Å²) in [6, 6.07) is 0.178. The van der Waals surface area contributed by atoms with Crippen molar-refractivity contribution in [1.29, 1.82) is 0 Å². The van der Waals surface area contributed by atoms with Gasteiger partial charge in [-0.3, -0.25) is 4.68 Å². The van der Waals surface area contributed by atoms with Gasteiger partial charge in [-0.25, -0.2) is 0 Å². The minimum atomic E-state index is 0.178. The van der Waals surface area contributed by atoms with Crippen LogP contribution in [0.4, 0.5) is 0 Å². The van der Waals surface area contributed by atoms with Gasteiger partial charge in [-0.1, -0.05) is 5.21 Å². The highest BCUT2D eigenvalue weighted by Crippen LogP contribution is 1.96. The van der Waals surface area contributed by atoms with Gasteiger partial charge in [0.15, 0.2) is 0 Å². The number of hydrogen-bond acceptors (Lipinski definition) is 3. The molecule has 10 heavy (non-hydrogen) atoms. The lowest BCUT2D eigenvalue weighted by molar-refractivity contribution is 0.636. The van der Waals surface area contributed by atoms with Gasteiger partial charge in [-0.15, -0.1) is 5.10 Å². The van der Waals surface area contributed by atoms with Crippen LogP contribution in [0.25, 0.3) is 0 Å². The van der Waals surface area contributed by atoms with Crippen molar-refractivity contribution in [3.8, 4) is 0 Å². The maximum Gasteiger partial charge on any atom is 0.0725 e. The van der Waals surface area contributed by atoms with E-state index in [1.807, 2.05) is 14.0 Å². The van der Waals surface area contributed by atoms with Crippen LogP contribution in [0, 0.1) is 0 Å². The standard InChI is InChI=1S/C6H12N4/c1-5(7)3-6-4-8-9-10(6)2/h4-5H,3,7H2,1-2H3/t5-/m0/s1. The van der Waals surface area contributed by atoms with Crippen molar-refractivity contribution in [2.24, 2.45) is 12.8 Å². The maximum atomic E-state index is 5.58. The first-order valence-corrected chi connectivity index (χ1v) is 3.29. The summed E-state index contributed by atoms with van der Waals surface area (Å²) in [4.78, 5) is 0. The SMILES string of the molecule is C[C@H](N)Cc1cnnn1C. The van der Waals surface area contributed by atoms with Gasteiger partial charge in [0, 0.05) is 19.5 Å². The van der Waals surface area contributed by atoms with E-state index in [0.717, 1.165) is 12.1 Å². The third kappa shape index (κ3) is 1.54. The third-order valence-corrected chi connectivity index (χ3v) is 1.34. The molecule has 0 radical (unpaired) electrons. The van der Waals surface area contributed by atoms with Crippen molar-refractivity contribution in [3.63, 3.8) is 0 Å². The van der Waals surface area contributed by atoms with Crippen LogP contribution in [0.2, 0.25) is 0 Å². The lowest BCUT2D eigenvalue weighted by atomic mass is 10.2. The molecule has 2 N–H and O–H groups in total. The number of aryl methyl sites for hydroxylation is 1. The Morgan fingerprint density at radius 2 is 2.50 bits per heavy atom. The Balaban J connectivity index is 2.65. The molecule has 1 rings (SSSR count). The minimum absolute atomic E-state index is 0.178. The smallest absolute Gasteiger partial charge is 0.0725 e. The van der Waals surface area contributed by atoms with Gasteiger partial charge in [-0.05, 0) is 6.92 Å². The Hall–Kier alpha value is -0.900. The molecular formula is C6H12N4. The average Bonchev–Trinajstić information content (AvgIpc) is 2.15. The highest BCUT2D eigenvalue weighted by molar-refractivity contribution is 4.95. The monoisotopic (exact) mass is 140 g/mol. The van der Waals surface area contributed by atoms with E-state index in [1.54, 1.807) is 10.9 Å². The van der Waals surface area contributed by atoms with Gasteiger partial charge >= 0.3 is 0 Å². The van der Waals surface area contributed by atoms with Crippen molar-refractivity contribution < 1.29 is 0 Å². The van der Waals surface area contributed by atoms with E-state index in [2.05, 4.69) is 10.3 Å². The van der Waals surface area contributed by atoms with E-state index < -0.39 is 0 Å². The van der Waals surface area contributed by atoms with Gasteiger partial charge in [-0.2, -0.15) is 0 Å². The zero-order valence-electron chi connectivity index (χ0n) is 6.28. The molecule has 0 spiro atoms. The van der Waals surface area contributed by atoms with Crippen molar-refractivity contribution in [3.05, 3.63) is 11.9 Å². The molecule has 0 saturated heterocycles. The summed E-state index contributed by atoms with van der Waals surface area (Å²) in [6.07, 6.45) is 2.58. The molecule has 1 atom stereocenters. The lowest BCUT2D eigenvalue weighted by Crippen LogP contribution is -2.19. The average molecular weight is 140 g/mol. The second-order valence-corrected chi connectivity index (χ2v) is 2.53. The fourth-order valence-electron chi connectivity index (χ4n) is 0.826. The Bertz CT molecular complexity index is 203. The first kappa shape index (κ1) is 7.21. The van der Waals surface area contributed by atoms with E-state index in [9.17, 15) is 0 Å². The summed E-state index contributed by atoms with van der Waals surface area (Å²) in [6.45, 7) is 1.97. The van der Waals surface area contributed by atoms with Gasteiger partial charge in [0.05, 0.1) is 11.9 Å². The summed E-state index contributed by atoms with van der Waals surface area (Å²) < 4.78 is 1.74. The molecule has 4 nitrogen and oxygen atoms in total. The summed E-state index contributed by atoms with van der Waals surface area (Å²) >= 11 is 0. The normalized spacial score (nSPS) is 13.5. The van der Waals surface area contributed by atoms with E-state index >= 15 is 0 Å². The number of rotatable bonds is 2. The van der Waals surface area contributed by atoms with E-state index in [1.165, 1.54) is 0 Å². The molecule has 1 aromatic heterocycles. The predicted molar refractivity (Wildman–Crippen MR) is 38.4 cm³/mol. The summed E-state index contributed by atoms with van der Waals surface area (Å²) in [5.74, 6) is 0. The van der Waals surface area contributed by atoms with Crippen molar-refractivity contribution >= 4 is 0 Å². The van der Waals surface area contributed by atoms with Crippen LogP contribution < -0.4 is 5.73 Å². The second kappa shape index (κ2) is 2.79. The summed E-state index contributed by atoms with van der Waals surface area (Å²) in [7, 11) is 1.87. The Morgan fingerprint density at radius 3 is 2.90 bits per heavy atom. The van der Waals surface area contributed by atoms with Crippen LogP contribution in [0.3, 0.4) is 0 Å². The number of nitrogens with zero attached hydrogens (tertiary/aromatic N) is 3. The summed E-state index contributed by atoms with van der Waals surface area (Å²) in [5.41, 5.74) is 6.66. The molecule has 1 heterocycles. The number of nitrogens with two attached hydrogens (primary N) is 1. The van der Waals surface area contributed by atoms with E-state index in [4.69, 9.17) is 5.73 Å². The summed E-state index contributed by atoms with van der Waals surface area (Å²) in [5, 5.41) is 7.51. The van der Waals surface area contributed by atoms with Crippen molar-refractivity contribution in [2.45, 2.75) is 19.4 Å². The highest BCUT2D eigenvalue weighted by Gasteiger charge is 2.01. The zero-order valence-corrected chi connectivity index (χ0v) is 6.28. The van der Waals surface area contributed by atoms with Crippen LogP contribution >= 0.6 is 0 Å². The molecule has 0 unspecified atom stereocenters. The molecule has 0 aliphatic heterocycles. The molecule has 0 aliphatic rings. The van der Waals surface area contributed by atoms with Gasteiger partial charge in [0.25, 0.3) is 0 Å². The molecule has 0 aliphatic carbocycles. The fourth-order valence-corrected chi connectivity index (χ4v) is 0.826. The molecular weight excluding hydrogens is 128 g/mol. The molecule has 1 aromatic rings. The van der Waals surface area contributed by atoms with Gasteiger partial charge < -0.3 is 5.73 Å². The van der Waals surface area contributed by atoms with Gasteiger partial charge in [0.2, 0.25) is 0 Å². The van der Waals surface area contributed by atoms with Crippen LogP contribution in [0.5, 0.6) is 0 Å². The first-order valence-electron chi connectivity index (χ1n) is 3.29. The Labute approximate surface area is 60.0 Å². The lowest BCUT2D eigenvalue weighted by Gasteiger charge is -2.02. The second-order valence-electron chi connectivity index (χ2n) is 2.53. The highest BCUT2D eigenvalue weighted by atomic mass is 15.4. The molecule has 56 valence electrons. The molecule has 0 aromatic carbocycles. The molecule has 0 saturated carbocycles. The third-order valence-electron chi connectivity index (χ3n) is 1.34. The zero-order chi connectivity index (χ0) is 7.56.